The first-order chi connectivity index (χ1) is 8.64. The van der Waals surface area contributed by atoms with Gasteiger partial charge in [0.1, 0.15) is 0 Å². The van der Waals surface area contributed by atoms with E-state index < -0.39 is 10.0 Å². The molecule has 0 radical (unpaired) electrons. The molecule has 0 amide bonds. The van der Waals surface area contributed by atoms with Gasteiger partial charge in [0.15, 0.2) is 0 Å². The van der Waals surface area contributed by atoms with Gasteiger partial charge in [0.2, 0.25) is 10.0 Å². The second-order valence-electron chi connectivity index (χ2n) is 4.41. The van der Waals surface area contributed by atoms with E-state index in [1.54, 1.807) is 7.11 Å². The van der Waals surface area contributed by atoms with Crippen LogP contribution in [0.1, 0.15) is 19.3 Å². The van der Waals surface area contributed by atoms with Crippen LogP contribution in [0.25, 0.3) is 0 Å². The van der Waals surface area contributed by atoms with Crippen LogP contribution in [0, 0.1) is 0 Å². The highest BCUT2D eigenvalue weighted by molar-refractivity contribution is 7.89. The fourth-order valence-electron chi connectivity index (χ4n) is 1.84. The lowest BCUT2D eigenvalue weighted by molar-refractivity contribution is 0.0304. The summed E-state index contributed by atoms with van der Waals surface area (Å²) < 4.78 is 36.4. The van der Waals surface area contributed by atoms with Gasteiger partial charge in [-0.1, -0.05) is 0 Å². The smallest absolute Gasteiger partial charge is 0.214 e. The Balaban J connectivity index is 2.11. The summed E-state index contributed by atoms with van der Waals surface area (Å²) >= 11 is 0. The molecule has 18 heavy (non-hydrogen) atoms. The topological polar surface area (TPSA) is 76.7 Å². The lowest BCUT2D eigenvalue weighted by atomic mass is 10.1. The summed E-state index contributed by atoms with van der Waals surface area (Å²) in [6.45, 7) is 3.04. The van der Waals surface area contributed by atoms with Crippen molar-refractivity contribution in [2.24, 2.45) is 0 Å². The van der Waals surface area contributed by atoms with E-state index in [1.807, 2.05) is 0 Å². The number of hydrogen-bond acceptors (Lipinski definition) is 5. The van der Waals surface area contributed by atoms with Gasteiger partial charge in [-0.2, -0.15) is 0 Å². The first-order valence-corrected chi connectivity index (χ1v) is 8.08. The third kappa shape index (κ3) is 7.27. The Morgan fingerprint density at radius 3 is 2.78 bits per heavy atom. The molecule has 1 aliphatic heterocycles. The minimum absolute atomic E-state index is 0.0745. The maximum atomic E-state index is 11.7. The van der Waals surface area contributed by atoms with Crippen molar-refractivity contribution in [1.82, 2.24) is 10.0 Å². The van der Waals surface area contributed by atoms with Gasteiger partial charge >= 0.3 is 0 Å². The van der Waals surface area contributed by atoms with E-state index in [4.69, 9.17) is 9.47 Å². The maximum absolute atomic E-state index is 11.7. The van der Waals surface area contributed by atoms with Gasteiger partial charge in [-0.3, -0.25) is 0 Å². The van der Waals surface area contributed by atoms with Crippen LogP contribution < -0.4 is 10.0 Å². The quantitative estimate of drug-likeness (QED) is 0.568. The van der Waals surface area contributed by atoms with Crippen molar-refractivity contribution in [2.75, 3.05) is 45.7 Å². The molecule has 0 spiro atoms. The first kappa shape index (κ1) is 15.8. The van der Waals surface area contributed by atoms with Crippen molar-refractivity contribution in [1.29, 1.82) is 0 Å². The van der Waals surface area contributed by atoms with Crippen LogP contribution in [-0.2, 0) is 19.5 Å². The maximum Gasteiger partial charge on any atom is 0.214 e. The molecule has 0 bridgehead atoms. The van der Waals surface area contributed by atoms with Gasteiger partial charge in [0, 0.05) is 33.4 Å². The largest absolute Gasteiger partial charge is 0.383 e. The Hall–Kier alpha value is -0.210. The van der Waals surface area contributed by atoms with E-state index in [9.17, 15) is 8.42 Å². The van der Waals surface area contributed by atoms with E-state index in [-0.39, 0.29) is 11.9 Å². The molecule has 0 aromatic heterocycles. The van der Waals surface area contributed by atoms with Crippen molar-refractivity contribution in [2.45, 2.75) is 25.4 Å². The monoisotopic (exact) mass is 280 g/mol. The Labute approximate surface area is 109 Å². The number of rotatable bonds is 9. The zero-order valence-electron chi connectivity index (χ0n) is 11.0. The molecule has 0 saturated carbocycles. The number of methoxy groups -OCH3 is 1. The normalized spacial score (nSPS) is 21.1. The van der Waals surface area contributed by atoms with E-state index in [0.717, 1.165) is 25.8 Å². The standard InChI is InChI=1S/C11H24N2O4S/c1-16-9-7-12-5-6-13-18(14,15)10-11-4-2-3-8-17-11/h11-13H,2-10H2,1H3. The van der Waals surface area contributed by atoms with Crippen LogP contribution in [0.2, 0.25) is 0 Å². The van der Waals surface area contributed by atoms with Gasteiger partial charge in [-0.25, -0.2) is 13.1 Å². The van der Waals surface area contributed by atoms with Gasteiger partial charge < -0.3 is 14.8 Å². The Bertz CT molecular complexity index is 302. The van der Waals surface area contributed by atoms with Crippen LogP contribution in [0.5, 0.6) is 0 Å². The lowest BCUT2D eigenvalue weighted by Gasteiger charge is -2.22. The highest BCUT2D eigenvalue weighted by atomic mass is 32.2. The van der Waals surface area contributed by atoms with Crippen LogP contribution in [0.15, 0.2) is 0 Å². The molecule has 0 aromatic carbocycles. The average Bonchev–Trinajstić information content (AvgIpc) is 2.34. The second-order valence-corrected chi connectivity index (χ2v) is 6.26. The van der Waals surface area contributed by atoms with Crippen LogP contribution in [-0.4, -0.2) is 60.2 Å². The summed E-state index contributed by atoms with van der Waals surface area (Å²) in [6.07, 6.45) is 2.79. The molecule has 108 valence electrons. The molecule has 1 saturated heterocycles. The van der Waals surface area contributed by atoms with Crippen molar-refractivity contribution < 1.29 is 17.9 Å². The molecule has 1 fully saturated rings. The number of sulfonamides is 1. The van der Waals surface area contributed by atoms with Crippen LogP contribution in [0.3, 0.4) is 0 Å². The molecule has 0 aliphatic carbocycles. The molecular weight excluding hydrogens is 256 g/mol. The molecule has 6 nitrogen and oxygen atoms in total. The molecule has 1 atom stereocenters. The summed E-state index contributed by atoms with van der Waals surface area (Å²) in [6, 6.07) is 0. The van der Waals surface area contributed by atoms with Gasteiger partial charge in [0.25, 0.3) is 0 Å². The summed E-state index contributed by atoms with van der Waals surface area (Å²) in [5.41, 5.74) is 0. The van der Waals surface area contributed by atoms with Crippen LogP contribution >= 0.6 is 0 Å². The van der Waals surface area contributed by atoms with E-state index in [0.29, 0.717) is 26.3 Å². The lowest BCUT2D eigenvalue weighted by Crippen LogP contribution is -2.38. The summed E-state index contributed by atoms with van der Waals surface area (Å²) in [5, 5.41) is 3.08. The van der Waals surface area contributed by atoms with Gasteiger partial charge in [-0.15, -0.1) is 0 Å². The average molecular weight is 280 g/mol. The van der Waals surface area contributed by atoms with E-state index in [2.05, 4.69) is 10.0 Å². The van der Waals surface area contributed by atoms with Gasteiger partial charge in [-0.05, 0) is 19.3 Å². The van der Waals surface area contributed by atoms with E-state index in [1.165, 1.54) is 0 Å². The number of hydrogen-bond donors (Lipinski definition) is 2. The van der Waals surface area contributed by atoms with Crippen molar-refractivity contribution in [3.63, 3.8) is 0 Å². The number of nitrogens with one attached hydrogen (secondary N) is 2. The summed E-state index contributed by atoms with van der Waals surface area (Å²) in [5.74, 6) is 0.0745. The Kier molecular flexibility index (Phi) is 7.76. The second kappa shape index (κ2) is 8.82. The first-order valence-electron chi connectivity index (χ1n) is 6.42. The van der Waals surface area contributed by atoms with Crippen molar-refractivity contribution >= 4 is 10.0 Å². The highest BCUT2D eigenvalue weighted by Crippen LogP contribution is 2.13. The predicted molar refractivity (Wildman–Crippen MR) is 70.1 cm³/mol. The molecule has 1 unspecified atom stereocenters. The van der Waals surface area contributed by atoms with Gasteiger partial charge in [0.05, 0.1) is 18.5 Å². The minimum atomic E-state index is -3.22. The molecule has 0 aromatic rings. The Morgan fingerprint density at radius 1 is 1.28 bits per heavy atom. The fraction of sp³-hybridized carbons (Fsp3) is 1.00. The summed E-state index contributed by atoms with van der Waals surface area (Å²) in [7, 11) is -1.59. The molecular formula is C11H24N2O4S. The third-order valence-corrected chi connectivity index (χ3v) is 4.24. The number of ether oxygens (including phenoxy) is 2. The van der Waals surface area contributed by atoms with Crippen molar-refractivity contribution in [3.8, 4) is 0 Å². The van der Waals surface area contributed by atoms with Crippen LogP contribution in [0.4, 0.5) is 0 Å². The molecule has 2 N–H and O–H groups in total. The fourth-order valence-corrected chi connectivity index (χ4v) is 3.12. The third-order valence-electron chi connectivity index (χ3n) is 2.79. The molecule has 1 heterocycles. The van der Waals surface area contributed by atoms with Crippen molar-refractivity contribution in [3.05, 3.63) is 0 Å². The SMILES string of the molecule is COCCNCCNS(=O)(=O)CC1CCCCO1. The summed E-state index contributed by atoms with van der Waals surface area (Å²) in [4.78, 5) is 0. The highest BCUT2D eigenvalue weighted by Gasteiger charge is 2.21. The molecule has 1 aliphatic rings. The predicted octanol–water partition coefficient (Wildman–Crippen LogP) is -0.289. The molecule has 7 heteroatoms. The zero-order valence-corrected chi connectivity index (χ0v) is 11.8. The minimum Gasteiger partial charge on any atom is -0.383 e. The Morgan fingerprint density at radius 2 is 2.11 bits per heavy atom. The van der Waals surface area contributed by atoms with E-state index >= 15 is 0 Å². The molecule has 1 rings (SSSR count). The zero-order chi connectivity index (χ0) is 13.3.